The van der Waals surface area contributed by atoms with E-state index in [2.05, 4.69) is 11.9 Å². The Bertz CT molecular complexity index is 786. The van der Waals surface area contributed by atoms with Crippen LogP contribution in [0.15, 0.2) is 53.5 Å². The molecule has 0 aliphatic carbocycles. The smallest absolute Gasteiger partial charge is 0.311 e. The average molecular weight is 424 g/mol. The molecule has 2 aromatic carbocycles. The van der Waals surface area contributed by atoms with E-state index in [1.54, 1.807) is 18.3 Å². The lowest BCUT2D eigenvalue weighted by molar-refractivity contribution is -0.134. The van der Waals surface area contributed by atoms with Crippen LogP contribution in [0, 0.1) is 0 Å². The minimum atomic E-state index is -0.249. The van der Waals surface area contributed by atoms with Crippen LogP contribution in [0.5, 0.6) is 11.5 Å². The van der Waals surface area contributed by atoms with Gasteiger partial charge < -0.3 is 9.84 Å². The highest BCUT2D eigenvalue weighted by atomic mass is 16.5. The molecule has 2 aromatic rings. The molecule has 0 aromatic heterocycles. The summed E-state index contributed by atoms with van der Waals surface area (Å²) in [5, 5.41) is 10.2. The van der Waals surface area contributed by atoms with Crippen molar-refractivity contribution in [1.82, 2.24) is 0 Å². The lowest BCUT2D eigenvalue weighted by atomic mass is 10.1. The van der Waals surface area contributed by atoms with Gasteiger partial charge in [-0.25, -0.2) is 0 Å². The fraction of sp³-hybridized carbons (Fsp3) is 0.481. The summed E-state index contributed by atoms with van der Waals surface area (Å²) < 4.78 is 5.36. The maximum atomic E-state index is 12.0. The van der Waals surface area contributed by atoms with Crippen LogP contribution in [0.2, 0.25) is 0 Å². The van der Waals surface area contributed by atoms with Gasteiger partial charge in [-0.3, -0.25) is 9.79 Å². The van der Waals surface area contributed by atoms with Crippen molar-refractivity contribution >= 4 is 17.9 Å². The Kier molecular flexibility index (Phi) is 12.1. The topological polar surface area (TPSA) is 58.9 Å². The lowest BCUT2D eigenvalue weighted by Crippen LogP contribution is -2.07. The normalized spacial score (nSPS) is 11.1. The zero-order chi connectivity index (χ0) is 22.2. The third-order valence-electron chi connectivity index (χ3n) is 5.33. The van der Waals surface area contributed by atoms with E-state index < -0.39 is 0 Å². The minimum absolute atomic E-state index is 0.0414. The molecule has 0 saturated heterocycles. The monoisotopic (exact) mass is 423 g/mol. The van der Waals surface area contributed by atoms with Gasteiger partial charge in [0.1, 0.15) is 11.5 Å². The number of esters is 1. The van der Waals surface area contributed by atoms with Gasteiger partial charge >= 0.3 is 5.97 Å². The van der Waals surface area contributed by atoms with Crippen LogP contribution in [-0.2, 0) is 4.79 Å². The molecule has 31 heavy (non-hydrogen) atoms. The van der Waals surface area contributed by atoms with Crippen LogP contribution in [-0.4, -0.2) is 17.3 Å². The van der Waals surface area contributed by atoms with E-state index in [-0.39, 0.29) is 11.7 Å². The molecule has 0 fully saturated rings. The molecular formula is C27H37NO3. The molecule has 168 valence electrons. The summed E-state index contributed by atoms with van der Waals surface area (Å²) in [6, 6.07) is 14.4. The number of unbranched alkanes of at least 4 members (excludes halogenated alkanes) is 10. The first-order valence-corrected chi connectivity index (χ1v) is 11.8. The predicted octanol–water partition coefficient (Wildman–Crippen LogP) is 7.75. The quantitative estimate of drug-likeness (QED) is 0.138. The molecule has 4 heteroatoms. The van der Waals surface area contributed by atoms with Gasteiger partial charge in [0.2, 0.25) is 0 Å². The summed E-state index contributed by atoms with van der Waals surface area (Å²) in [5.41, 5.74) is 1.39. The van der Waals surface area contributed by atoms with Crippen LogP contribution in [0.3, 0.4) is 0 Å². The fourth-order valence-corrected chi connectivity index (χ4v) is 3.47. The summed E-state index contributed by atoms with van der Waals surface area (Å²) >= 11 is 0. The molecule has 0 unspecified atom stereocenters. The van der Waals surface area contributed by atoms with Crippen molar-refractivity contribution in [2.45, 2.75) is 84.0 Å². The molecule has 0 amide bonds. The number of phenolic OH excluding ortho intramolecular Hbond substituents is 1. The number of nitrogens with zero attached hydrogens (tertiary/aromatic N) is 1. The van der Waals surface area contributed by atoms with Gasteiger partial charge in [-0.05, 0) is 30.7 Å². The minimum Gasteiger partial charge on any atom is -0.507 e. The van der Waals surface area contributed by atoms with Crippen LogP contribution in [0.1, 0.15) is 89.5 Å². The number of aliphatic imine (C=N–C) groups is 1. The SMILES string of the molecule is CCCCCCCCCCCCCC(=O)Oc1ccc(C=Nc2ccccc2)c(O)c1. The number of benzene rings is 2. The molecular weight excluding hydrogens is 386 g/mol. The highest BCUT2D eigenvalue weighted by Crippen LogP contribution is 2.24. The number of hydrogen-bond donors (Lipinski definition) is 1. The molecule has 0 heterocycles. The van der Waals surface area contributed by atoms with E-state index in [1.807, 2.05) is 30.3 Å². The molecule has 4 nitrogen and oxygen atoms in total. The van der Waals surface area contributed by atoms with Crippen LogP contribution < -0.4 is 4.74 Å². The summed E-state index contributed by atoms with van der Waals surface area (Å²) in [5.74, 6) is 0.156. The molecule has 2 rings (SSSR count). The Morgan fingerprint density at radius 1 is 0.871 bits per heavy atom. The molecule has 0 radical (unpaired) electrons. The summed E-state index contributed by atoms with van der Waals surface area (Å²) in [6.07, 6.45) is 15.8. The van der Waals surface area contributed by atoms with Gasteiger partial charge in [-0.2, -0.15) is 0 Å². The Hall–Kier alpha value is -2.62. The van der Waals surface area contributed by atoms with E-state index in [9.17, 15) is 9.90 Å². The first-order chi connectivity index (χ1) is 15.2. The van der Waals surface area contributed by atoms with Crippen molar-refractivity contribution < 1.29 is 14.6 Å². The first-order valence-electron chi connectivity index (χ1n) is 11.8. The predicted molar refractivity (Wildman–Crippen MR) is 129 cm³/mol. The van der Waals surface area contributed by atoms with Crippen molar-refractivity contribution in [2.75, 3.05) is 0 Å². The number of rotatable bonds is 15. The van der Waals surface area contributed by atoms with E-state index in [0.717, 1.165) is 18.5 Å². The first kappa shape index (κ1) is 24.6. The van der Waals surface area contributed by atoms with E-state index in [4.69, 9.17) is 4.74 Å². The van der Waals surface area contributed by atoms with Crippen molar-refractivity contribution in [3.63, 3.8) is 0 Å². The number of ether oxygens (including phenoxy) is 1. The second-order valence-electron chi connectivity index (χ2n) is 8.07. The van der Waals surface area contributed by atoms with Crippen molar-refractivity contribution in [3.8, 4) is 11.5 Å². The summed E-state index contributed by atoms with van der Waals surface area (Å²) in [7, 11) is 0. The van der Waals surface area contributed by atoms with Crippen molar-refractivity contribution in [1.29, 1.82) is 0 Å². The molecule has 0 atom stereocenters. The second-order valence-corrected chi connectivity index (χ2v) is 8.07. The zero-order valence-corrected chi connectivity index (χ0v) is 18.9. The number of carbonyl (C=O) groups is 1. The average Bonchev–Trinajstić information content (AvgIpc) is 2.77. The maximum absolute atomic E-state index is 12.0. The maximum Gasteiger partial charge on any atom is 0.311 e. The highest BCUT2D eigenvalue weighted by Gasteiger charge is 2.07. The van der Waals surface area contributed by atoms with Crippen molar-refractivity contribution in [3.05, 3.63) is 54.1 Å². The third-order valence-corrected chi connectivity index (χ3v) is 5.33. The van der Waals surface area contributed by atoms with Gasteiger partial charge in [0, 0.05) is 24.3 Å². The molecule has 0 bridgehead atoms. The van der Waals surface area contributed by atoms with Gasteiger partial charge in [-0.1, -0.05) is 89.3 Å². The number of phenols is 1. The van der Waals surface area contributed by atoms with Crippen LogP contribution >= 0.6 is 0 Å². The van der Waals surface area contributed by atoms with E-state index in [1.165, 1.54) is 63.9 Å². The zero-order valence-electron chi connectivity index (χ0n) is 18.9. The van der Waals surface area contributed by atoms with Gasteiger partial charge in [0.25, 0.3) is 0 Å². The standard InChI is InChI=1S/C27H37NO3/c1-2-3-4-5-6-7-8-9-10-11-15-18-27(30)31-25-20-19-23(26(29)21-25)22-28-24-16-13-12-14-17-24/h12-14,16-17,19-22,29H,2-11,15,18H2,1H3. The molecule has 0 spiro atoms. The number of para-hydroxylation sites is 1. The highest BCUT2D eigenvalue weighted by molar-refractivity contribution is 5.85. The van der Waals surface area contributed by atoms with E-state index >= 15 is 0 Å². The van der Waals surface area contributed by atoms with Crippen LogP contribution in [0.25, 0.3) is 0 Å². The lowest BCUT2D eigenvalue weighted by Gasteiger charge is -2.06. The Morgan fingerprint density at radius 3 is 2.10 bits per heavy atom. The molecule has 0 aliphatic heterocycles. The number of carbonyl (C=O) groups excluding carboxylic acids is 1. The second kappa shape index (κ2) is 15.2. The van der Waals surface area contributed by atoms with Crippen LogP contribution in [0.4, 0.5) is 5.69 Å². The van der Waals surface area contributed by atoms with Gasteiger partial charge in [0.05, 0.1) is 5.69 Å². The van der Waals surface area contributed by atoms with E-state index in [0.29, 0.717) is 17.7 Å². The Morgan fingerprint density at radius 2 is 1.48 bits per heavy atom. The van der Waals surface area contributed by atoms with Gasteiger partial charge in [-0.15, -0.1) is 0 Å². The van der Waals surface area contributed by atoms with Crippen molar-refractivity contribution in [2.24, 2.45) is 4.99 Å². The Balaban J connectivity index is 1.59. The third kappa shape index (κ3) is 10.8. The number of aromatic hydroxyl groups is 1. The van der Waals surface area contributed by atoms with Gasteiger partial charge in [0.15, 0.2) is 0 Å². The Labute approximate surface area is 187 Å². The molecule has 1 N–H and O–H groups in total. The number of hydrogen-bond acceptors (Lipinski definition) is 4. The fourth-order valence-electron chi connectivity index (χ4n) is 3.47. The summed E-state index contributed by atoms with van der Waals surface area (Å²) in [6.45, 7) is 2.25. The largest absolute Gasteiger partial charge is 0.507 e. The summed E-state index contributed by atoms with van der Waals surface area (Å²) in [4.78, 5) is 16.4. The molecule has 0 aliphatic rings. The molecule has 0 saturated carbocycles.